The second-order valence-corrected chi connectivity index (χ2v) is 11.2. The Bertz CT molecular complexity index is 1480. The molecule has 1 amide bonds. The van der Waals surface area contributed by atoms with Gasteiger partial charge in [0.1, 0.15) is 12.4 Å². The Balaban J connectivity index is 1.39. The van der Waals surface area contributed by atoms with Gasteiger partial charge in [0, 0.05) is 19.5 Å². The number of ether oxygens (including phenoxy) is 1. The molecule has 4 aromatic carbocycles. The van der Waals surface area contributed by atoms with Crippen molar-refractivity contribution in [2.45, 2.75) is 64.0 Å². The molecule has 4 aromatic rings. The van der Waals surface area contributed by atoms with Crippen molar-refractivity contribution in [3.63, 3.8) is 0 Å². The van der Waals surface area contributed by atoms with Crippen molar-refractivity contribution in [3.8, 4) is 16.9 Å². The van der Waals surface area contributed by atoms with Crippen LogP contribution >= 0.6 is 0 Å². The van der Waals surface area contributed by atoms with Gasteiger partial charge in [0.2, 0.25) is 5.91 Å². The summed E-state index contributed by atoms with van der Waals surface area (Å²) in [5, 5.41) is 10.3. The fraction of sp³-hybridized carbons (Fsp3) is 0.297. The van der Waals surface area contributed by atoms with Crippen molar-refractivity contribution in [2.75, 3.05) is 6.54 Å². The molecule has 1 aliphatic heterocycles. The summed E-state index contributed by atoms with van der Waals surface area (Å²) >= 11 is 0. The predicted octanol–water partition coefficient (Wildman–Crippen LogP) is 7.81. The van der Waals surface area contributed by atoms with E-state index in [1.54, 1.807) is 0 Å². The standard InChI is InChI=1S/C37H39NO4/c1-2-37(36(40)41,32-13-7-4-8-14-32)23-22-28-16-21-34(31(25-28)26-38-24-10-9-15-35(38)39)30-17-19-33(20-18-30)42-27-29-11-5-3-6-12-29/h3-8,11-14,16-21,25H,2,9-10,15,22-24,26-27H2,1H3,(H,40,41). The third-order valence-electron chi connectivity index (χ3n) is 8.55. The van der Waals surface area contributed by atoms with E-state index in [4.69, 9.17) is 4.74 Å². The molecule has 1 atom stereocenters. The molecule has 0 radical (unpaired) electrons. The number of hydrogen-bond donors (Lipinski definition) is 1. The molecular weight excluding hydrogens is 522 g/mol. The number of nitrogens with zero attached hydrogens (tertiary/aromatic N) is 1. The van der Waals surface area contributed by atoms with E-state index in [0.717, 1.165) is 58.5 Å². The van der Waals surface area contributed by atoms with Gasteiger partial charge in [-0.2, -0.15) is 0 Å². The minimum atomic E-state index is -0.946. The average Bonchev–Trinajstić information content (AvgIpc) is 3.03. The van der Waals surface area contributed by atoms with E-state index in [1.165, 1.54) is 0 Å². The first-order chi connectivity index (χ1) is 20.5. The molecule has 216 valence electrons. The molecule has 1 fully saturated rings. The largest absolute Gasteiger partial charge is 0.489 e. The maximum atomic E-state index is 12.7. The Kier molecular flexibility index (Phi) is 9.38. The Hall–Kier alpha value is -4.38. The number of benzene rings is 4. The molecule has 0 bridgehead atoms. The Morgan fingerprint density at radius 3 is 2.26 bits per heavy atom. The maximum Gasteiger partial charge on any atom is 0.314 e. The molecule has 1 N–H and O–H groups in total. The number of piperidine rings is 1. The lowest BCUT2D eigenvalue weighted by Crippen LogP contribution is -2.36. The van der Waals surface area contributed by atoms with Crippen molar-refractivity contribution in [2.24, 2.45) is 0 Å². The quantitative estimate of drug-likeness (QED) is 0.192. The number of carbonyl (C=O) groups is 2. The molecular formula is C37H39NO4. The number of aliphatic carboxylic acids is 1. The van der Waals surface area contributed by atoms with Gasteiger partial charge in [-0.1, -0.05) is 97.9 Å². The monoisotopic (exact) mass is 561 g/mol. The van der Waals surface area contributed by atoms with Gasteiger partial charge in [0.15, 0.2) is 0 Å². The number of aryl methyl sites for hydroxylation is 1. The van der Waals surface area contributed by atoms with Crippen LogP contribution in [0.1, 0.15) is 61.3 Å². The van der Waals surface area contributed by atoms with Gasteiger partial charge in [0.05, 0.1) is 5.41 Å². The summed E-state index contributed by atoms with van der Waals surface area (Å²) in [6.07, 6.45) is 4.19. The summed E-state index contributed by atoms with van der Waals surface area (Å²) in [5.41, 5.74) is 5.31. The molecule has 5 rings (SSSR count). The summed E-state index contributed by atoms with van der Waals surface area (Å²) in [6, 6.07) is 34.2. The third kappa shape index (κ3) is 6.73. The summed E-state index contributed by atoms with van der Waals surface area (Å²) < 4.78 is 6.00. The predicted molar refractivity (Wildman–Crippen MR) is 166 cm³/mol. The molecule has 0 spiro atoms. The van der Waals surface area contributed by atoms with Crippen molar-refractivity contribution in [1.29, 1.82) is 0 Å². The Morgan fingerprint density at radius 2 is 1.60 bits per heavy atom. The summed E-state index contributed by atoms with van der Waals surface area (Å²) in [6.45, 7) is 3.77. The van der Waals surface area contributed by atoms with Crippen molar-refractivity contribution < 1.29 is 19.4 Å². The first-order valence-corrected chi connectivity index (χ1v) is 14.9. The van der Waals surface area contributed by atoms with Gasteiger partial charge in [-0.15, -0.1) is 0 Å². The van der Waals surface area contributed by atoms with Crippen LogP contribution in [0.2, 0.25) is 0 Å². The molecule has 0 saturated carbocycles. The highest BCUT2D eigenvalue weighted by Gasteiger charge is 2.38. The van der Waals surface area contributed by atoms with E-state index in [0.29, 0.717) is 38.8 Å². The van der Waals surface area contributed by atoms with Gasteiger partial charge < -0.3 is 14.7 Å². The summed E-state index contributed by atoms with van der Waals surface area (Å²) in [5.74, 6) is 0.209. The van der Waals surface area contributed by atoms with E-state index < -0.39 is 11.4 Å². The second kappa shape index (κ2) is 13.5. The molecule has 0 aliphatic carbocycles. The van der Waals surface area contributed by atoms with Crippen LogP contribution in [-0.2, 0) is 34.6 Å². The van der Waals surface area contributed by atoms with Crippen LogP contribution in [0.25, 0.3) is 11.1 Å². The Morgan fingerprint density at radius 1 is 0.881 bits per heavy atom. The van der Waals surface area contributed by atoms with E-state index in [1.807, 2.05) is 84.6 Å². The average molecular weight is 562 g/mol. The van der Waals surface area contributed by atoms with Crippen LogP contribution < -0.4 is 4.74 Å². The normalized spacial score (nSPS) is 14.8. The van der Waals surface area contributed by atoms with Gasteiger partial charge in [-0.3, -0.25) is 9.59 Å². The molecule has 5 heteroatoms. The first kappa shape index (κ1) is 29.1. The molecule has 1 unspecified atom stereocenters. The zero-order chi connectivity index (χ0) is 29.4. The summed E-state index contributed by atoms with van der Waals surface area (Å²) in [7, 11) is 0. The van der Waals surface area contributed by atoms with Crippen LogP contribution in [0.15, 0.2) is 103 Å². The third-order valence-corrected chi connectivity index (χ3v) is 8.55. The number of carboxylic acid groups (broad SMARTS) is 1. The SMILES string of the molecule is CCC(CCc1ccc(-c2ccc(OCc3ccccc3)cc2)c(CN2CCCCC2=O)c1)(C(=O)O)c1ccccc1. The lowest BCUT2D eigenvalue weighted by atomic mass is 9.74. The zero-order valence-corrected chi connectivity index (χ0v) is 24.3. The van der Waals surface area contributed by atoms with Crippen molar-refractivity contribution in [1.82, 2.24) is 4.90 Å². The van der Waals surface area contributed by atoms with Crippen molar-refractivity contribution >= 4 is 11.9 Å². The minimum absolute atomic E-state index is 0.196. The number of hydrogen-bond acceptors (Lipinski definition) is 3. The molecule has 1 heterocycles. The van der Waals surface area contributed by atoms with E-state index in [-0.39, 0.29) is 5.91 Å². The summed E-state index contributed by atoms with van der Waals surface area (Å²) in [4.78, 5) is 27.3. The molecule has 42 heavy (non-hydrogen) atoms. The first-order valence-electron chi connectivity index (χ1n) is 14.9. The fourth-order valence-electron chi connectivity index (χ4n) is 5.94. The number of rotatable bonds is 12. The van der Waals surface area contributed by atoms with Gasteiger partial charge in [0.25, 0.3) is 0 Å². The topological polar surface area (TPSA) is 66.8 Å². The smallest absolute Gasteiger partial charge is 0.314 e. The zero-order valence-electron chi connectivity index (χ0n) is 24.3. The van der Waals surface area contributed by atoms with Crippen LogP contribution in [0.4, 0.5) is 0 Å². The molecule has 5 nitrogen and oxygen atoms in total. The number of amides is 1. The number of carbonyl (C=O) groups excluding carboxylic acids is 1. The van der Waals surface area contributed by atoms with Gasteiger partial charge in [-0.05, 0) is 77.6 Å². The Labute approximate surface area is 248 Å². The van der Waals surface area contributed by atoms with Crippen LogP contribution in [0, 0.1) is 0 Å². The number of likely N-dealkylation sites (tertiary alicyclic amines) is 1. The number of carboxylic acids is 1. The van der Waals surface area contributed by atoms with Gasteiger partial charge in [-0.25, -0.2) is 0 Å². The van der Waals surface area contributed by atoms with Crippen molar-refractivity contribution in [3.05, 3.63) is 125 Å². The van der Waals surface area contributed by atoms with E-state index in [9.17, 15) is 14.7 Å². The lowest BCUT2D eigenvalue weighted by molar-refractivity contribution is -0.144. The van der Waals surface area contributed by atoms with E-state index >= 15 is 0 Å². The second-order valence-electron chi connectivity index (χ2n) is 11.2. The van der Waals surface area contributed by atoms with Gasteiger partial charge >= 0.3 is 5.97 Å². The highest BCUT2D eigenvalue weighted by molar-refractivity contribution is 5.81. The highest BCUT2D eigenvalue weighted by atomic mass is 16.5. The molecule has 1 saturated heterocycles. The fourth-order valence-corrected chi connectivity index (χ4v) is 5.94. The van der Waals surface area contributed by atoms with E-state index in [2.05, 4.69) is 30.3 Å². The molecule has 1 aliphatic rings. The highest BCUT2D eigenvalue weighted by Crippen LogP contribution is 2.35. The minimum Gasteiger partial charge on any atom is -0.489 e. The van der Waals surface area contributed by atoms with Crippen LogP contribution in [-0.4, -0.2) is 28.4 Å². The lowest BCUT2D eigenvalue weighted by Gasteiger charge is -2.30. The van der Waals surface area contributed by atoms with Crippen LogP contribution in [0.5, 0.6) is 5.75 Å². The van der Waals surface area contributed by atoms with Crippen LogP contribution in [0.3, 0.4) is 0 Å². The maximum absolute atomic E-state index is 12.7. The molecule has 0 aromatic heterocycles.